The topological polar surface area (TPSA) is 97.8 Å². The Labute approximate surface area is 161 Å². The van der Waals surface area contributed by atoms with Crippen molar-refractivity contribution in [2.75, 3.05) is 19.0 Å². The Morgan fingerprint density at radius 1 is 1.14 bits per heavy atom. The molecule has 0 bridgehead atoms. The van der Waals surface area contributed by atoms with E-state index >= 15 is 0 Å². The number of ether oxygens (including phenoxy) is 2. The fourth-order valence-electron chi connectivity index (χ4n) is 2.82. The Hall–Kier alpha value is -3.45. The number of aliphatic hydroxyl groups is 1. The van der Waals surface area contributed by atoms with Crippen LogP contribution in [0.25, 0.3) is 10.9 Å². The van der Waals surface area contributed by atoms with Gasteiger partial charge in [-0.1, -0.05) is 12.1 Å². The highest BCUT2D eigenvalue weighted by Gasteiger charge is 2.22. The van der Waals surface area contributed by atoms with Gasteiger partial charge in [-0.05, 0) is 43.3 Å². The molecule has 0 spiro atoms. The molecule has 7 heteroatoms. The molecule has 1 atom stereocenters. The fourth-order valence-corrected chi connectivity index (χ4v) is 2.82. The summed E-state index contributed by atoms with van der Waals surface area (Å²) in [6.07, 6.45) is 0.143. The minimum Gasteiger partial charge on any atom is -0.497 e. The molecule has 0 aliphatic rings. The van der Waals surface area contributed by atoms with Gasteiger partial charge in [0.1, 0.15) is 5.75 Å². The molecule has 1 heterocycles. The molecule has 3 rings (SSSR count). The summed E-state index contributed by atoms with van der Waals surface area (Å²) < 4.78 is 9.98. The highest BCUT2D eigenvalue weighted by atomic mass is 16.5. The Morgan fingerprint density at radius 3 is 2.57 bits per heavy atom. The van der Waals surface area contributed by atoms with Crippen LogP contribution in [0.1, 0.15) is 28.9 Å². The minimum absolute atomic E-state index is 0.169. The Morgan fingerprint density at radius 2 is 1.89 bits per heavy atom. The number of pyridine rings is 1. The van der Waals surface area contributed by atoms with Crippen molar-refractivity contribution in [1.82, 2.24) is 4.98 Å². The van der Waals surface area contributed by atoms with E-state index in [1.54, 1.807) is 68.8 Å². The number of anilines is 1. The van der Waals surface area contributed by atoms with Crippen LogP contribution in [-0.2, 0) is 9.53 Å². The van der Waals surface area contributed by atoms with Crippen LogP contribution < -0.4 is 10.1 Å². The van der Waals surface area contributed by atoms with E-state index in [1.807, 2.05) is 0 Å². The van der Waals surface area contributed by atoms with Crippen molar-refractivity contribution in [3.63, 3.8) is 0 Å². The number of amides is 1. The monoisotopic (exact) mass is 380 g/mol. The van der Waals surface area contributed by atoms with Crippen molar-refractivity contribution in [2.24, 2.45) is 0 Å². The van der Waals surface area contributed by atoms with Crippen LogP contribution >= 0.6 is 0 Å². The number of nitrogens with zero attached hydrogens (tertiary/aromatic N) is 1. The first-order chi connectivity index (χ1) is 13.5. The second-order valence-electron chi connectivity index (χ2n) is 5.94. The zero-order chi connectivity index (χ0) is 20.1. The molecular formula is C21H20N2O5. The van der Waals surface area contributed by atoms with Crippen LogP contribution in [0, 0.1) is 0 Å². The van der Waals surface area contributed by atoms with Crippen LogP contribution in [0.2, 0.25) is 0 Å². The Kier molecular flexibility index (Phi) is 5.86. The van der Waals surface area contributed by atoms with E-state index in [2.05, 4.69) is 10.3 Å². The first-order valence-electron chi connectivity index (χ1n) is 8.73. The highest BCUT2D eigenvalue weighted by molar-refractivity contribution is 6.09. The number of nitrogens with one attached hydrogen (secondary N) is 1. The van der Waals surface area contributed by atoms with E-state index in [0.29, 0.717) is 33.5 Å². The molecule has 2 aromatic carbocycles. The van der Waals surface area contributed by atoms with Crippen molar-refractivity contribution in [3.8, 4) is 5.75 Å². The van der Waals surface area contributed by atoms with Gasteiger partial charge >= 0.3 is 5.97 Å². The van der Waals surface area contributed by atoms with Crippen LogP contribution in [0.4, 0.5) is 5.69 Å². The van der Waals surface area contributed by atoms with Crippen molar-refractivity contribution in [2.45, 2.75) is 13.0 Å². The van der Waals surface area contributed by atoms with Gasteiger partial charge in [0.05, 0.1) is 24.9 Å². The number of hydrogen-bond donors (Lipinski definition) is 2. The zero-order valence-corrected chi connectivity index (χ0v) is 15.5. The highest BCUT2D eigenvalue weighted by Crippen LogP contribution is 2.29. The van der Waals surface area contributed by atoms with Crippen molar-refractivity contribution in [1.29, 1.82) is 0 Å². The number of aromatic nitrogens is 1. The number of aliphatic hydroxyl groups excluding tert-OH is 1. The number of fused-ring (bicyclic) bond motifs is 1. The molecule has 1 amide bonds. The Balaban J connectivity index is 1.93. The summed E-state index contributed by atoms with van der Waals surface area (Å²) >= 11 is 0. The Bertz CT molecular complexity index is 1000. The summed E-state index contributed by atoms with van der Waals surface area (Å²) in [7, 11) is 1.55. The van der Waals surface area contributed by atoms with Gasteiger partial charge in [-0.2, -0.15) is 0 Å². The first kappa shape index (κ1) is 19.3. The summed E-state index contributed by atoms with van der Waals surface area (Å²) in [6, 6.07) is 13.3. The first-order valence-corrected chi connectivity index (χ1v) is 8.73. The van der Waals surface area contributed by atoms with Gasteiger partial charge in [0.2, 0.25) is 0 Å². The largest absolute Gasteiger partial charge is 0.497 e. The molecule has 144 valence electrons. The van der Waals surface area contributed by atoms with Gasteiger partial charge in [-0.3, -0.25) is 9.78 Å². The number of rotatable bonds is 6. The van der Waals surface area contributed by atoms with E-state index in [4.69, 9.17) is 9.47 Å². The molecule has 0 fully saturated rings. The molecule has 0 aliphatic heterocycles. The van der Waals surface area contributed by atoms with E-state index in [-0.39, 0.29) is 12.5 Å². The maximum atomic E-state index is 12.6. The van der Waals surface area contributed by atoms with Crippen LogP contribution in [0.5, 0.6) is 5.75 Å². The number of methoxy groups -OCH3 is 1. The lowest BCUT2D eigenvalue weighted by atomic mass is 10.0. The summed E-state index contributed by atoms with van der Waals surface area (Å²) in [5.74, 6) is -0.392. The van der Waals surface area contributed by atoms with E-state index in [1.165, 1.54) is 0 Å². The van der Waals surface area contributed by atoms with Gasteiger partial charge in [-0.25, -0.2) is 4.79 Å². The molecule has 0 saturated heterocycles. The lowest BCUT2D eigenvalue weighted by Gasteiger charge is -2.15. The molecule has 0 saturated carbocycles. The van der Waals surface area contributed by atoms with Crippen molar-refractivity contribution < 1.29 is 24.2 Å². The van der Waals surface area contributed by atoms with Gasteiger partial charge in [0.15, 0.2) is 6.10 Å². The van der Waals surface area contributed by atoms with Crippen molar-refractivity contribution in [3.05, 3.63) is 65.9 Å². The lowest BCUT2D eigenvalue weighted by molar-refractivity contribution is -0.153. The molecule has 28 heavy (non-hydrogen) atoms. The van der Waals surface area contributed by atoms with E-state index < -0.39 is 12.1 Å². The van der Waals surface area contributed by atoms with E-state index in [0.717, 1.165) is 0 Å². The summed E-state index contributed by atoms with van der Waals surface area (Å²) in [5.41, 5.74) is 1.76. The van der Waals surface area contributed by atoms with Crippen molar-refractivity contribution >= 4 is 28.5 Å². The lowest BCUT2D eigenvalue weighted by Crippen LogP contribution is -2.16. The zero-order valence-electron chi connectivity index (χ0n) is 15.5. The van der Waals surface area contributed by atoms with Gasteiger partial charge < -0.3 is 19.9 Å². The summed E-state index contributed by atoms with van der Waals surface area (Å²) in [4.78, 5) is 28.8. The molecule has 0 radical (unpaired) electrons. The second kappa shape index (κ2) is 8.49. The predicted octanol–water partition coefficient (Wildman–Crippen LogP) is 3.09. The molecular weight excluding hydrogens is 360 g/mol. The van der Waals surface area contributed by atoms with Crippen LogP contribution in [-0.4, -0.2) is 35.7 Å². The average Bonchev–Trinajstić information content (AvgIpc) is 2.73. The van der Waals surface area contributed by atoms with Crippen LogP contribution in [0.15, 0.2) is 54.7 Å². The number of benzene rings is 2. The predicted molar refractivity (Wildman–Crippen MR) is 104 cm³/mol. The molecule has 0 aliphatic carbocycles. The second-order valence-corrected chi connectivity index (χ2v) is 5.94. The third kappa shape index (κ3) is 3.94. The maximum absolute atomic E-state index is 12.6. The molecule has 2 N–H and O–H groups in total. The number of hydrogen-bond acceptors (Lipinski definition) is 6. The van der Waals surface area contributed by atoms with Crippen LogP contribution in [0.3, 0.4) is 0 Å². The maximum Gasteiger partial charge on any atom is 0.339 e. The van der Waals surface area contributed by atoms with E-state index in [9.17, 15) is 14.7 Å². The SMILES string of the molecule is CCOC(=O)[C@@H](O)c1ccc(NC(=O)c2ccc(OC)cc2)c2ncccc12. The fraction of sp³-hybridized carbons (Fsp3) is 0.190. The molecule has 3 aromatic rings. The number of carbonyl (C=O) groups excluding carboxylic acids is 2. The third-order valence-electron chi connectivity index (χ3n) is 4.21. The molecule has 1 aromatic heterocycles. The van der Waals surface area contributed by atoms with Gasteiger partial charge in [-0.15, -0.1) is 0 Å². The normalized spacial score (nSPS) is 11.7. The average molecular weight is 380 g/mol. The number of carbonyl (C=O) groups is 2. The molecule has 7 nitrogen and oxygen atoms in total. The third-order valence-corrected chi connectivity index (χ3v) is 4.21. The smallest absolute Gasteiger partial charge is 0.339 e. The van der Waals surface area contributed by atoms with Gasteiger partial charge in [0.25, 0.3) is 5.91 Å². The summed E-state index contributed by atoms with van der Waals surface area (Å²) in [6.45, 7) is 1.84. The standard InChI is InChI=1S/C21H20N2O5/c1-3-28-21(26)19(24)16-10-11-17(18-15(16)5-4-12-22-18)23-20(25)13-6-8-14(27-2)9-7-13/h4-12,19,24H,3H2,1-2H3,(H,23,25)/t19-/m0/s1. The minimum atomic E-state index is -1.43. The quantitative estimate of drug-likeness (QED) is 0.638. The van der Waals surface area contributed by atoms with Gasteiger partial charge in [0, 0.05) is 22.7 Å². The number of esters is 1. The molecule has 0 unspecified atom stereocenters. The summed E-state index contributed by atoms with van der Waals surface area (Å²) in [5, 5.41) is 13.7.